The number of aliphatic hydroxyl groups excluding tert-OH is 1. The highest BCUT2D eigenvalue weighted by molar-refractivity contribution is 7.89. The van der Waals surface area contributed by atoms with E-state index in [2.05, 4.69) is 4.72 Å². The van der Waals surface area contributed by atoms with Crippen molar-refractivity contribution in [3.05, 3.63) is 22.8 Å². The van der Waals surface area contributed by atoms with Gasteiger partial charge in [-0.25, -0.2) is 13.1 Å². The number of rotatable bonds is 5. The molecule has 0 bridgehead atoms. The fraction of sp³-hybridized carbons (Fsp3) is 0.538. The number of anilines is 1. The van der Waals surface area contributed by atoms with E-state index in [-0.39, 0.29) is 11.4 Å². The molecule has 0 heterocycles. The van der Waals surface area contributed by atoms with Crippen molar-refractivity contribution in [1.29, 1.82) is 0 Å². The van der Waals surface area contributed by atoms with Crippen molar-refractivity contribution in [2.75, 3.05) is 12.3 Å². The molecule has 0 spiro atoms. The summed E-state index contributed by atoms with van der Waals surface area (Å²) in [6.07, 6.45) is -0.186. The van der Waals surface area contributed by atoms with Gasteiger partial charge in [-0.1, -0.05) is 6.92 Å². The Morgan fingerprint density at radius 1 is 1.32 bits per heavy atom. The number of nitrogens with one attached hydrogen (secondary N) is 1. The molecular weight excluding hydrogens is 264 g/mol. The maximum Gasteiger partial charge on any atom is 0.241 e. The Kier molecular flexibility index (Phi) is 4.95. The van der Waals surface area contributed by atoms with Gasteiger partial charge in [0, 0.05) is 12.2 Å². The molecule has 1 aromatic carbocycles. The third kappa shape index (κ3) is 3.46. The largest absolute Gasteiger partial charge is 0.398 e. The van der Waals surface area contributed by atoms with Gasteiger partial charge in [0.2, 0.25) is 10.0 Å². The third-order valence-electron chi connectivity index (χ3n) is 3.33. The number of benzene rings is 1. The molecule has 0 aliphatic rings. The molecular formula is C13H22N2O3S. The molecule has 0 aliphatic heterocycles. The van der Waals surface area contributed by atoms with Crippen LogP contribution in [0, 0.1) is 20.8 Å². The normalized spacial score (nSPS) is 13.5. The second kappa shape index (κ2) is 5.90. The molecule has 0 fully saturated rings. The second-order valence-corrected chi connectivity index (χ2v) is 6.48. The first-order valence-electron chi connectivity index (χ1n) is 6.24. The molecule has 1 atom stereocenters. The zero-order chi connectivity index (χ0) is 14.8. The van der Waals surface area contributed by atoms with Gasteiger partial charge < -0.3 is 10.8 Å². The number of hydrogen-bond donors (Lipinski definition) is 3. The van der Waals surface area contributed by atoms with Crippen molar-refractivity contribution in [2.24, 2.45) is 0 Å². The smallest absolute Gasteiger partial charge is 0.241 e. The summed E-state index contributed by atoms with van der Waals surface area (Å²) in [4.78, 5) is 0.216. The minimum Gasteiger partial charge on any atom is -0.398 e. The lowest BCUT2D eigenvalue weighted by molar-refractivity contribution is 0.174. The fourth-order valence-electron chi connectivity index (χ4n) is 1.87. The molecule has 1 rings (SSSR count). The first-order chi connectivity index (χ1) is 8.70. The van der Waals surface area contributed by atoms with Gasteiger partial charge in [-0.15, -0.1) is 0 Å². The lowest BCUT2D eigenvalue weighted by atomic mass is 10.1. The summed E-state index contributed by atoms with van der Waals surface area (Å²) in [7, 11) is -3.66. The number of nitrogens with two attached hydrogens (primary N) is 1. The highest BCUT2D eigenvalue weighted by atomic mass is 32.2. The maximum absolute atomic E-state index is 12.3. The van der Waals surface area contributed by atoms with E-state index < -0.39 is 16.1 Å². The molecule has 0 radical (unpaired) electrons. The summed E-state index contributed by atoms with van der Waals surface area (Å²) < 4.78 is 27.1. The van der Waals surface area contributed by atoms with Crippen molar-refractivity contribution in [2.45, 2.75) is 45.1 Å². The van der Waals surface area contributed by atoms with E-state index >= 15 is 0 Å². The summed E-state index contributed by atoms with van der Waals surface area (Å²) in [6, 6.07) is 1.77. The number of nitrogen functional groups attached to an aromatic ring is 1. The van der Waals surface area contributed by atoms with E-state index in [0.29, 0.717) is 23.2 Å². The Hall–Kier alpha value is -1.11. The fourth-order valence-corrected chi connectivity index (χ4v) is 3.51. The van der Waals surface area contributed by atoms with Crippen LogP contribution in [0.3, 0.4) is 0 Å². The summed E-state index contributed by atoms with van der Waals surface area (Å²) in [6.45, 7) is 7.07. The molecule has 108 valence electrons. The molecule has 0 aliphatic carbocycles. The van der Waals surface area contributed by atoms with Gasteiger partial charge in [-0.05, 0) is 49.9 Å². The Bertz CT molecular complexity index is 541. The molecule has 6 heteroatoms. The second-order valence-electron chi connectivity index (χ2n) is 4.78. The van der Waals surface area contributed by atoms with Crippen LogP contribution in [-0.2, 0) is 10.0 Å². The molecule has 4 N–H and O–H groups in total. The quantitative estimate of drug-likeness (QED) is 0.710. The van der Waals surface area contributed by atoms with Crippen LogP contribution >= 0.6 is 0 Å². The van der Waals surface area contributed by atoms with E-state index in [9.17, 15) is 13.5 Å². The van der Waals surface area contributed by atoms with Gasteiger partial charge in [0.15, 0.2) is 0 Å². The van der Waals surface area contributed by atoms with Crippen molar-refractivity contribution in [1.82, 2.24) is 4.72 Å². The lowest BCUT2D eigenvalue weighted by Crippen LogP contribution is -2.32. The molecule has 1 aromatic rings. The zero-order valence-electron chi connectivity index (χ0n) is 11.8. The predicted octanol–water partition coefficient (Wildman–Crippen LogP) is 1.24. The summed E-state index contributed by atoms with van der Waals surface area (Å²) >= 11 is 0. The van der Waals surface area contributed by atoms with Crippen LogP contribution in [0.4, 0.5) is 5.69 Å². The molecule has 19 heavy (non-hydrogen) atoms. The highest BCUT2D eigenvalue weighted by Crippen LogP contribution is 2.27. The van der Waals surface area contributed by atoms with Crippen LogP contribution in [0.15, 0.2) is 11.0 Å². The number of sulfonamides is 1. The van der Waals surface area contributed by atoms with Crippen LogP contribution in [0.1, 0.15) is 30.0 Å². The highest BCUT2D eigenvalue weighted by Gasteiger charge is 2.22. The number of hydrogen-bond acceptors (Lipinski definition) is 4. The topological polar surface area (TPSA) is 92.4 Å². The van der Waals surface area contributed by atoms with Gasteiger partial charge in [0.1, 0.15) is 0 Å². The van der Waals surface area contributed by atoms with Crippen molar-refractivity contribution < 1.29 is 13.5 Å². The van der Waals surface area contributed by atoms with Crippen LogP contribution in [-0.4, -0.2) is 26.2 Å². The molecule has 0 saturated heterocycles. The summed E-state index contributed by atoms with van der Waals surface area (Å²) in [5, 5.41) is 9.46. The van der Waals surface area contributed by atoms with Gasteiger partial charge in [0.05, 0.1) is 11.0 Å². The lowest BCUT2D eigenvalue weighted by Gasteiger charge is -2.17. The first kappa shape index (κ1) is 15.9. The van der Waals surface area contributed by atoms with E-state index in [1.54, 1.807) is 26.8 Å². The standard InChI is InChI=1S/C13H22N2O3S/c1-5-11(16)7-15-19(17,18)13-9(3)8(2)6-12(14)10(13)4/h6,11,15-16H,5,7,14H2,1-4H3. The SMILES string of the molecule is CCC(O)CNS(=O)(=O)c1c(C)c(C)cc(N)c1C. The Morgan fingerprint density at radius 2 is 1.89 bits per heavy atom. The number of aryl methyl sites for hydroxylation is 1. The maximum atomic E-state index is 12.3. The van der Waals surface area contributed by atoms with Crippen molar-refractivity contribution in [3.8, 4) is 0 Å². The Labute approximate surface area is 114 Å². The van der Waals surface area contributed by atoms with E-state index in [1.165, 1.54) is 0 Å². The van der Waals surface area contributed by atoms with Crippen molar-refractivity contribution >= 4 is 15.7 Å². The van der Waals surface area contributed by atoms with Gasteiger partial charge in [-0.2, -0.15) is 0 Å². The molecule has 0 saturated carbocycles. The molecule has 0 amide bonds. The van der Waals surface area contributed by atoms with Gasteiger partial charge in [-0.3, -0.25) is 0 Å². The Morgan fingerprint density at radius 3 is 2.42 bits per heavy atom. The summed E-state index contributed by atoms with van der Waals surface area (Å²) in [5.41, 5.74) is 8.35. The van der Waals surface area contributed by atoms with Crippen LogP contribution in [0.2, 0.25) is 0 Å². The minimum atomic E-state index is -3.66. The van der Waals surface area contributed by atoms with E-state index in [0.717, 1.165) is 5.56 Å². The van der Waals surface area contributed by atoms with Crippen LogP contribution in [0.5, 0.6) is 0 Å². The number of aliphatic hydroxyl groups is 1. The monoisotopic (exact) mass is 286 g/mol. The predicted molar refractivity (Wildman–Crippen MR) is 76.6 cm³/mol. The third-order valence-corrected chi connectivity index (χ3v) is 5.02. The molecule has 1 unspecified atom stereocenters. The Balaban J connectivity index is 3.22. The summed E-state index contributed by atoms with van der Waals surface area (Å²) in [5.74, 6) is 0. The zero-order valence-corrected chi connectivity index (χ0v) is 12.6. The van der Waals surface area contributed by atoms with Crippen LogP contribution < -0.4 is 10.5 Å². The van der Waals surface area contributed by atoms with Gasteiger partial charge >= 0.3 is 0 Å². The first-order valence-corrected chi connectivity index (χ1v) is 7.73. The van der Waals surface area contributed by atoms with Crippen LogP contribution in [0.25, 0.3) is 0 Å². The average Bonchev–Trinajstić information content (AvgIpc) is 2.33. The van der Waals surface area contributed by atoms with E-state index in [1.807, 2.05) is 6.92 Å². The average molecular weight is 286 g/mol. The van der Waals surface area contributed by atoms with Gasteiger partial charge in [0.25, 0.3) is 0 Å². The van der Waals surface area contributed by atoms with Crippen molar-refractivity contribution in [3.63, 3.8) is 0 Å². The van der Waals surface area contributed by atoms with E-state index in [4.69, 9.17) is 5.73 Å². The molecule has 5 nitrogen and oxygen atoms in total. The molecule has 0 aromatic heterocycles. The minimum absolute atomic E-state index is 0.00552.